The van der Waals surface area contributed by atoms with E-state index in [0.29, 0.717) is 0 Å². The molecule has 0 aromatic carbocycles. The van der Waals surface area contributed by atoms with Crippen LogP contribution in [0.5, 0.6) is 0 Å². The van der Waals surface area contributed by atoms with Crippen LogP contribution in [0.15, 0.2) is 0 Å². The van der Waals surface area contributed by atoms with Crippen LogP contribution in [0.25, 0.3) is 0 Å². The monoisotopic (exact) mass is 170 g/mol. The molecule has 0 unspecified atom stereocenters. The molecule has 0 atom stereocenters. The fourth-order valence-electron chi connectivity index (χ4n) is 1.70. The minimum absolute atomic E-state index is 0.799. The Kier molecular flexibility index (Phi) is 4.62. The minimum atomic E-state index is 0.799. The predicted molar refractivity (Wildman–Crippen MR) is 53.4 cm³/mol. The zero-order valence-corrected chi connectivity index (χ0v) is 8.47. The van der Waals surface area contributed by atoms with Crippen LogP contribution in [-0.4, -0.2) is 37.6 Å². The van der Waals surface area contributed by atoms with E-state index in [4.69, 9.17) is 0 Å². The van der Waals surface area contributed by atoms with Crippen LogP contribution in [0, 0.1) is 0 Å². The van der Waals surface area contributed by atoms with Gasteiger partial charge in [-0.2, -0.15) is 0 Å². The SMILES string of the molecule is CCCCNC1CCN(C)CC1. The summed E-state index contributed by atoms with van der Waals surface area (Å²) in [6.45, 7) is 5.99. The Hall–Kier alpha value is -0.0800. The van der Waals surface area contributed by atoms with E-state index >= 15 is 0 Å². The van der Waals surface area contributed by atoms with E-state index in [1.54, 1.807) is 0 Å². The summed E-state index contributed by atoms with van der Waals surface area (Å²) in [5.74, 6) is 0. The Morgan fingerprint density at radius 3 is 2.58 bits per heavy atom. The number of rotatable bonds is 4. The van der Waals surface area contributed by atoms with Crippen LogP contribution < -0.4 is 5.32 Å². The maximum absolute atomic E-state index is 3.62. The first-order chi connectivity index (χ1) is 5.83. The van der Waals surface area contributed by atoms with Crippen molar-refractivity contribution in [1.82, 2.24) is 10.2 Å². The largest absolute Gasteiger partial charge is 0.314 e. The number of unbranched alkanes of at least 4 members (excludes halogenated alkanes) is 1. The topological polar surface area (TPSA) is 15.3 Å². The zero-order valence-electron chi connectivity index (χ0n) is 8.47. The van der Waals surface area contributed by atoms with Crippen molar-refractivity contribution < 1.29 is 0 Å². The average molecular weight is 170 g/mol. The van der Waals surface area contributed by atoms with Crippen molar-refractivity contribution in [2.45, 2.75) is 38.6 Å². The molecule has 1 rings (SSSR count). The minimum Gasteiger partial charge on any atom is -0.314 e. The van der Waals surface area contributed by atoms with E-state index in [1.807, 2.05) is 0 Å². The van der Waals surface area contributed by atoms with Crippen LogP contribution in [0.2, 0.25) is 0 Å². The average Bonchev–Trinajstić information content (AvgIpc) is 2.09. The number of hydrogen-bond acceptors (Lipinski definition) is 2. The second-order valence-electron chi connectivity index (χ2n) is 3.89. The summed E-state index contributed by atoms with van der Waals surface area (Å²) in [6, 6.07) is 0.799. The molecule has 0 aromatic heterocycles. The highest BCUT2D eigenvalue weighted by Crippen LogP contribution is 2.07. The van der Waals surface area contributed by atoms with Crippen molar-refractivity contribution in [2.75, 3.05) is 26.7 Å². The molecule has 72 valence electrons. The van der Waals surface area contributed by atoms with E-state index in [1.165, 1.54) is 45.3 Å². The summed E-state index contributed by atoms with van der Waals surface area (Å²) in [5.41, 5.74) is 0. The van der Waals surface area contributed by atoms with Gasteiger partial charge in [-0.1, -0.05) is 13.3 Å². The van der Waals surface area contributed by atoms with Crippen molar-refractivity contribution in [3.8, 4) is 0 Å². The van der Waals surface area contributed by atoms with Crippen molar-refractivity contribution in [1.29, 1.82) is 0 Å². The third-order valence-corrected chi connectivity index (χ3v) is 2.68. The third kappa shape index (κ3) is 3.55. The van der Waals surface area contributed by atoms with Gasteiger partial charge in [-0.05, 0) is 45.9 Å². The molecule has 1 saturated heterocycles. The van der Waals surface area contributed by atoms with Crippen molar-refractivity contribution >= 4 is 0 Å². The Morgan fingerprint density at radius 2 is 2.00 bits per heavy atom. The van der Waals surface area contributed by atoms with Gasteiger partial charge in [0.15, 0.2) is 0 Å². The van der Waals surface area contributed by atoms with Crippen molar-refractivity contribution in [3.63, 3.8) is 0 Å². The van der Waals surface area contributed by atoms with Crippen LogP contribution >= 0.6 is 0 Å². The second-order valence-corrected chi connectivity index (χ2v) is 3.89. The normalized spacial score (nSPS) is 21.5. The van der Waals surface area contributed by atoms with Crippen molar-refractivity contribution in [2.24, 2.45) is 0 Å². The summed E-state index contributed by atoms with van der Waals surface area (Å²) in [7, 11) is 2.21. The highest BCUT2D eigenvalue weighted by Gasteiger charge is 2.14. The van der Waals surface area contributed by atoms with E-state index < -0.39 is 0 Å². The van der Waals surface area contributed by atoms with Gasteiger partial charge >= 0.3 is 0 Å². The van der Waals surface area contributed by atoms with Gasteiger partial charge in [-0.25, -0.2) is 0 Å². The number of piperidine rings is 1. The highest BCUT2D eigenvalue weighted by atomic mass is 15.1. The second kappa shape index (κ2) is 5.55. The van der Waals surface area contributed by atoms with E-state index in [-0.39, 0.29) is 0 Å². The molecule has 1 fully saturated rings. The Labute approximate surface area is 76.3 Å². The van der Waals surface area contributed by atoms with Gasteiger partial charge in [0, 0.05) is 6.04 Å². The maximum Gasteiger partial charge on any atom is 0.00914 e. The quantitative estimate of drug-likeness (QED) is 0.643. The number of hydrogen-bond donors (Lipinski definition) is 1. The summed E-state index contributed by atoms with van der Waals surface area (Å²) in [6.07, 6.45) is 5.30. The Bertz CT molecular complexity index is 106. The van der Waals surface area contributed by atoms with Gasteiger partial charge in [0.1, 0.15) is 0 Å². The fourth-order valence-corrected chi connectivity index (χ4v) is 1.70. The first-order valence-corrected chi connectivity index (χ1v) is 5.25. The molecule has 1 N–H and O–H groups in total. The number of nitrogens with one attached hydrogen (secondary N) is 1. The Balaban J connectivity index is 2.01. The third-order valence-electron chi connectivity index (χ3n) is 2.68. The van der Waals surface area contributed by atoms with Gasteiger partial charge < -0.3 is 10.2 Å². The molecule has 0 aliphatic carbocycles. The van der Waals surface area contributed by atoms with Crippen LogP contribution in [0.4, 0.5) is 0 Å². The van der Waals surface area contributed by atoms with Crippen LogP contribution in [0.3, 0.4) is 0 Å². The predicted octanol–water partition coefficient (Wildman–Crippen LogP) is 1.47. The summed E-state index contributed by atoms with van der Waals surface area (Å²) in [4.78, 5) is 2.41. The fraction of sp³-hybridized carbons (Fsp3) is 1.00. The molecule has 1 aliphatic heterocycles. The highest BCUT2D eigenvalue weighted by molar-refractivity contribution is 4.74. The molecule has 1 heterocycles. The number of nitrogens with zero attached hydrogens (tertiary/aromatic N) is 1. The van der Waals surface area contributed by atoms with Gasteiger partial charge in [0.2, 0.25) is 0 Å². The first kappa shape index (κ1) is 10.0. The molecule has 1 aliphatic rings. The Morgan fingerprint density at radius 1 is 1.33 bits per heavy atom. The summed E-state index contributed by atoms with van der Waals surface area (Å²) >= 11 is 0. The van der Waals surface area contributed by atoms with Gasteiger partial charge in [-0.3, -0.25) is 0 Å². The summed E-state index contributed by atoms with van der Waals surface area (Å²) < 4.78 is 0. The van der Waals surface area contributed by atoms with Gasteiger partial charge in [0.25, 0.3) is 0 Å². The van der Waals surface area contributed by atoms with Crippen LogP contribution in [0.1, 0.15) is 32.6 Å². The standard InChI is InChI=1S/C10H22N2/c1-3-4-7-11-10-5-8-12(2)9-6-10/h10-11H,3-9H2,1-2H3. The molecule has 0 amide bonds. The molecular weight excluding hydrogens is 148 g/mol. The van der Waals surface area contributed by atoms with E-state index in [9.17, 15) is 0 Å². The molecule has 12 heavy (non-hydrogen) atoms. The van der Waals surface area contributed by atoms with E-state index in [0.717, 1.165) is 6.04 Å². The maximum atomic E-state index is 3.62. The molecule has 0 radical (unpaired) electrons. The molecular formula is C10H22N2. The van der Waals surface area contributed by atoms with Crippen molar-refractivity contribution in [3.05, 3.63) is 0 Å². The lowest BCUT2D eigenvalue weighted by molar-refractivity contribution is 0.234. The molecule has 2 heteroatoms. The molecule has 0 spiro atoms. The first-order valence-electron chi connectivity index (χ1n) is 5.25. The molecule has 0 bridgehead atoms. The van der Waals surface area contributed by atoms with E-state index in [2.05, 4.69) is 24.2 Å². The van der Waals surface area contributed by atoms with Gasteiger partial charge in [-0.15, -0.1) is 0 Å². The number of likely N-dealkylation sites (tertiary alicyclic amines) is 1. The lowest BCUT2D eigenvalue weighted by Crippen LogP contribution is -2.41. The molecule has 0 saturated carbocycles. The molecule has 2 nitrogen and oxygen atoms in total. The zero-order chi connectivity index (χ0) is 8.81. The molecule has 0 aromatic rings. The lowest BCUT2D eigenvalue weighted by Gasteiger charge is -2.29. The van der Waals surface area contributed by atoms with Crippen LogP contribution in [-0.2, 0) is 0 Å². The summed E-state index contributed by atoms with van der Waals surface area (Å²) in [5, 5.41) is 3.62. The smallest absolute Gasteiger partial charge is 0.00914 e. The lowest BCUT2D eigenvalue weighted by atomic mass is 10.1. The van der Waals surface area contributed by atoms with Gasteiger partial charge in [0.05, 0.1) is 0 Å².